The van der Waals surface area contributed by atoms with Crippen molar-refractivity contribution in [2.75, 3.05) is 32.6 Å². The number of methoxy groups -OCH3 is 2. The summed E-state index contributed by atoms with van der Waals surface area (Å²) in [4.78, 5) is 26.9. The number of amides is 3. The van der Waals surface area contributed by atoms with Gasteiger partial charge in [-0.2, -0.15) is 0 Å². The smallest absolute Gasteiger partial charge is 0.322 e. The molecule has 1 fully saturated rings. The number of halogens is 1. The molecule has 8 heteroatoms. The van der Waals surface area contributed by atoms with Gasteiger partial charge in [0.05, 0.1) is 32.4 Å². The van der Waals surface area contributed by atoms with Crippen molar-refractivity contribution >= 4 is 33.6 Å². The summed E-state index contributed by atoms with van der Waals surface area (Å²) in [6, 6.07) is 12.4. The van der Waals surface area contributed by atoms with Crippen molar-refractivity contribution in [2.45, 2.75) is 12.5 Å². The van der Waals surface area contributed by atoms with Crippen LogP contribution in [-0.2, 0) is 4.79 Å². The van der Waals surface area contributed by atoms with Crippen LogP contribution in [0.3, 0.4) is 0 Å². The van der Waals surface area contributed by atoms with Crippen molar-refractivity contribution < 1.29 is 19.1 Å². The number of ether oxygens (including phenoxy) is 2. The predicted molar refractivity (Wildman–Crippen MR) is 110 cm³/mol. The van der Waals surface area contributed by atoms with Gasteiger partial charge in [0.2, 0.25) is 5.91 Å². The first-order chi connectivity index (χ1) is 13.5. The van der Waals surface area contributed by atoms with E-state index in [1.165, 1.54) is 7.11 Å². The molecule has 1 saturated heterocycles. The minimum absolute atomic E-state index is 0.0727. The molecular formula is C20H22BrN3O4. The lowest BCUT2D eigenvalue weighted by molar-refractivity contribution is -0.121. The molecule has 2 aromatic rings. The summed E-state index contributed by atoms with van der Waals surface area (Å²) in [6.07, 6.45) is 0.213. The summed E-state index contributed by atoms with van der Waals surface area (Å²) in [5, 5.41) is 5.75. The molecular weight excluding hydrogens is 426 g/mol. The molecule has 1 atom stereocenters. The quantitative estimate of drug-likeness (QED) is 0.750. The Morgan fingerprint density at radius 1 is 1.18 bits per heavy atom. The second-order valence-electron chi connectivity index (χ2n) is 6.29. The van der Waals surface area contributed by atoms with Crippen LogP contribution in [0.4, 0.5) is 10.5 Å². The number of benzene rings is 2. The Hall–Kier alpha value is -2.74. The summed E-state index contributed by atoms with van der Waals surface area (Å²) in [5.74, 6) is 0.990. The summed E-state index contributed by atoms with van der Waals surface area (Å²) < 4.78 is 11.3. The molecule has 0 aromatic heterocycles. The molecule has 1 aliphatic heterocycles. The van der Waals surface area contributed by atoms with Gasteiger partial charge in [-0.3, -0.25) is 4.79 Å². The maximum absolute atomic E-state index is 13.1. The topological polar surface area (TPSA) is 79.9 Å². The Morgan fingerprint density at radius 2 is 1.86 bits per heavy atom. The van der Waals surface area contributed by atoms with E-state index in [4.69, 9.17) is 9.47 Å². The van der Waals surface area contributed by atoms with E-state index >= 15 is 0 Å². The molecule has 148 valence electrons. The van der Waals surface area contributed by atoms with Crippen molar-refractivity contribution in [1.82, 2.24) is 10.2 Å². The highest BCUT2D eigenvalue weighted by atomic mass is 79.9. The second kappa shape index (κ2) is 8.97. The number of hydrogen-bond acceptors (Lipinski definition) is 4. The van der Waals surface area contributed by atoms with Crippen molar-refractivity contribution in [2.24, 2.45) is 0 Å². The zero-order chi connectivity index (χ0) is 20.1. The molecule has 0 unspecified atom stereocenters. The molecule has 1 aliphatic rings. The van der Waals surface area contributed by atoms with Crippen LogP contribution in [0.1, 0.15) is 18.0 Å². The Morgan fingerprint density at radius 3 is 2.54 bits per heavy atom. The number of carbonyl (C=O) groups is 2. The Kier molecular flexibility index (Phi) is 6.41. The average Bonchev–Trinajstić information content (AvgIpc) is 2.91. The van der Waals surface area contributed by atoms with Gasteiger partial charge in [-0.1, -0.05) is 30.3 Å². The van der Waals surface area contributed by atoms with Gasteiger partial charge in [0.1, 0.15) is 0 Å². The molecule has 3 rings (SSSR count). The first-order valence-corrected chi connectivity index (χ1v) is 9.63. The van der Waals surface area contributed by atoms with Gasteiger partial charge >= 0.3 is 6.03 Å². The van der Waals surface area contributed by atoms with E-state index in [0.29, 0.717) is 34.7 Å². The first-order valence-electron chi connectivity index (χ1n) is 8.84. The van der Waals surface area contributed by atoms with E-state index in [9.17, 15) is 9.59 Å². The lowest BCUT2D eigenvalue weighted by atomic mass is 10.0. The van der Waals surface area contributed by atoms with Gasteiger partial charge < -0.3 is 25.0 Å². The molecule has 7 nitrogen and oxygen atoms in total. The highest BCUT2D eigenvalue weighted by Gasteiger charge is 2.30. The first kappa shape index (κ1) is 20.0. The molecule has 2 N–H and O–H groups in total. The monoisotopic (exact) mass is 447 g/mol. The maximum atomic E-state index is 13.1. The van der Waals surface area contributed by atoms with E-state index < -0.39 is 0 Å². The van der Waals surface area contributed by atoms with Gasteiger partial charge in [0, 0.05) is 29.7 Å². The Labute approximate surface area is 172 Å². The standard InChI is InChI=1S/C20H22BrN3O4/c1-27-17-10-14(21)15(11-18(17)28-2)23-20(26)24-9-8-22-19(25)12-16(24)13-6-4-3-5-7-13/h3-7,10-11,16H,8-9,12H2,1-2H3,(H,22,25)(H,23,26)/t16-/m0/s1. The third-order valence-electron chi connectivity index (χ3n) is 4.59. The normalized spacial score (nSPS) is 16.8. The third-order valence-corrected chi connectivity index (χ3v) is 5.25. The van der Waals surface area contributed by atoms with Crippen molar-refractivity contribution in [3.63, 3.8) is 0 Å². The minimum Gasteiger partial charge on any atom is -0.493 e. The number of anilines is 1. The fraction of sp³-hybridized carbons (Fsp3) is 0.300. The van der Waals surface area contributed by atoms with Gasteiger partial charge in [-0.25, -0.2) is 4.79 Å². The molecule has 28 heavy (non-hydrogen) atoms. The number of rotatable bonds is 4. The SMILES string of the molecule is COc1cc(Br)c(NC(=O)N2CCNC(=O)C[C@H]2c2ccccc2)cc1OC. The Balaban J connectivity index is 1.88. The summed E-state index contributed by atoms with van der Waals surface area (Å²) >= 11 is 3.45. The van der Waals surface area contributed by atoms with Crippen LogP contribution in [0.15, 0.2) is 46.9 Å². The molecule has 0 bridgehead atoms. The van der Waals surface area contributed by atoms with Gasteiger partial charge in [0.25, 0.3) is 0 Å². The van der Waals surface area contributed by atoms with Crippen LogP contribution in [0, 0.1) is 0 Å². The van der Waals surface area contributed by atoms with E-state index in [2.05, 4.69) is 26.6 Å². The third kappa shape index (κ3) is 4.39. The second-order valence-corrected chi connectivity index (χ2v) is 7.15. The van der Waals surface area contributed by atoms with E-state index in [1.807, 2.05) is 30.3 Å². The predicted octanol–water partition coefficient (Wildman–Crippen LogP) is 3.56. The number of carbonyl (C=O) groups excluding carboxylic acids is 2. The largest absolute Gasteiger partial charge is 0.493 e. The van der Waals surface area contributed by atoms with Crippen LogP contribution in [-0.4, -0.2) is 44.1 Å². The van der Waals surface area contributed by atoms with Gasteiger partial charge in [0.15, 0.2) is 11.5 Å². The van der Waals surface area contributed by atoms with E-state index in [0.717, 1.165) is 5.56 Å². The van der Waals surface area contributed by atoms with Crippen LogP contribution >= 0.6 is 15.9 Å². The number of nitrogens with zero attached hydrogens (tertiary/aromatic N) is 1. The lowest BCUT2D eigenvalue weighted by Crippen LogP contribution is -2.39. The van der Waals surface area contributed by atoms with Crippen molar-refractivity contribution in [3.05, 3.63) is 52.5 Å². The van der Waals surface area contributed by atoms with Crippen molar-refractivity contribution in [3.8, 4) is 11.5 Å². The number of nitrogens with one attached hydrogen (secondary N) is 2. The Bertz CT molecular complexity index is 860. The zero-order valence-electron chi connectivity index (χ0n) is 15.7. The maximum Gasteiger partial charge on any atom is 0.322 e. The summed E-state index contributed by atoms with van der Waals surface area (Å²) in [6.45, 7) is 0.810. The fourth-order valence-corrected chi connectivity index (χ4v) is 3.60. The lowest BCUT2D eigenvalue weighted by Gasteiger charge is -2.30. The molecule has 2 aromatic carbocycles. The fourth-order valence-electron chi connectivity index (χ4n) is 3.18. The minimum atomic E-state index is -0.345. The molecule has 0 saturated carbocycles. The number of urea groups is 1. The summed E-state index contributed by atoms with van der Waals surface area (Å²) in [7, 11) is 3.09. The van der Waals surface area contributed by atoms with E-state index in [-0.39, 0.29) is 24.4 Å². The van der Waals surface area contributed by atoms with Crippen molar-refractivity contribution in [1.29, 1.82) is 0 Å². The van der Waals surface area contributed by atoms with Crippen LogP contribution in [0.2, 0.25) is 0 Å². The number of hydrogen-bond donors (Lipinski definition) is 2. The average molecular weight is 448 g/mol. The molecule has 0 aliphatic carbocycles. The van der Waals surface area contributed by atoms with E-state index in [1.54, 1.807) is 24.1 Å². The molecule has 0 radical (unpaired) electrons. The zero-order valence-corrected chi connectivity index (χ0v) is 17.3. The highest BCUT2D eigenvalue weighted by Crippen LogP contribution is 2.37. The van der Waals surface area contributed by atoms with Gasteiger partial charge in [-0.05, 0) is 21.5 Å². The van der Waals surface area contributed by atoms with Crippen LogP contribution in [0.25, 0.3) is 0 Å². The molecule has 0 spiro atoms. The van der Waals surface area contributed by atoms with Crippen LogP contribution < -0.4 is 20.1 Å². The summed E-state index contributed by atoms with van der Waals surface area (Å²) in [5.41, 5.74) is 1.47. The molecule has 3 amide bonds. The van der Waals surface area contributed by atoms with Crippen LogP contribution in [0.5, 0.6) is 11.5 Å². The van der Waals surface area contributed by atoms with Gasteiger partial charge in [-0.15, -0.1) is 0 Å². The highest BCUT2D eigenvalue weighted by molar-refractivity contribution is 9.10. The molecule has 1 heterocycles.